The smallest absolute Gasteiger partial charge is 0.270 e. The predicted octanol–water partition coefficient (Wildman–Crippen LogP) is 3.28. The van der Waals surface area contributed by atoms with Gasteiger partial charge in [-0.2, -0.15) is 5.26 Å². The largest absolute Gasteiger partial charge is 0.319 e. The molecule has 1 N–H and O–H groups in total. The van der Waals surface area contributed by atoms with Gasteiger partial charge < -0.3 is 5.32 Å². The van der Waals surface area contributed by atoms with Gasteiger partial charge in [0.1, 0.15) is 17.5 Å². The number of hydrogen-bond acceptors (Lipinski definition) is 4. The second-order valence-corrected chi connectivity index (χ2v) is 4.46. The monoisotopic (exact) mass is 311 g/mol. The number of hydrogen-bond donors (Lipinski definition) is 1. The van der Waals surface area contributed by atoms with E-state index in [1.807, 2.05) is 0 Å². The minimum atomic E-state index is -0.802. The number of nitro benzene ring substituents is 1. The molecule has 0 aliphatic rings. The molecule has 0 bridgehead atoms. The second kappa shape index (κ2) is 6.95. The molecule has 6 nitrogen and oxygen atoms in total. The van der Waals surface area contributed by atoms with Crippen LogP contribution in [0.3, 0.4) is 0 Å². The summed E-state index contributed by atoms with van der Waals surface area (Å²) in [6, 6.07) is 12.7. The highest BCUT2D eigenvalue weighted by molar-refractivity contribution is 6.09. The lowest BCUT2D eigenvalue weighted by Gasteiger charge is -2.05. The highest BCUT2D eigenvalue weighted by Crippen LogP contribution is 2.17. The number of anilines is 1. The van der Waals surface area contributed by atoms with Crippen molar-refractivity contribution in [2.75, 3.05) is 5.32 Å². The molecule has 2 aromatic carbocycles. The van der Waals surface area contributed by atoms with Crippen LogP contribution in [-0.2, 0) is 4.79 Å². The summed E-state index contributed by atoms with van der Waals surface area (Å²) in [6.45, 7) is 0. The van der Waals surface area contributed by atoms with Gasteiger partial charge in [0, 0.05) is 12.1 Å². The molecule has 0 atom stereocenters. The number of benzene rings is 2. The molecule has 0 saturated carbocycles. The number of amides is 1. The molecule has 0 aliphatic carbocycles. The minimum absolute atomic E-state index is 0.0577. The lowest BCUT2D eigenvalue weighted by Crippen LogP contribution is -2.14. The molecule has 1 amide bonds. The lowest BCUT2D eigenvalue weighted by molar-refractivity contribution is -0.384. The molecule has 0 radical (unpaired) electrons. The topological polar surface area (TPSA) is 96.0 Å². The molecule has 0 aromatic heterocycles. The van der Waals surface area contributed by atoms with Gasteiger partial charge in [-0.25, -0.2) is 4.39 Å². The molecule has 0 spiro atoms. The van der Waals surface area contributed by atoms with Crippen LogP contribution < -0.4 is 5.32 Å². The Labute approximate surface area is 130 Å². The summed E-state index contributed by atoms with van der Waals surface area (Å²) in [5, 5.41) is 22.1. The summed E-state index contributed by atoms with van der Waals surface area (Å²) >= 11 is 0. The minimum Gasteiger partial charge on any atom is -0.319 e. The standard InChI is InChI=1S/C16H10FN3O3/c17-14-6-1-2-7-15(14)19-16(21)12(10-18)8-11-4-3-5-13(9-11)20(22)23/h1-9H,(H,19,21)/b12-8-. The highest BCUT2D eigenvalue weighted by Gasteiger charge is 2.12. The molecule has 2 aromatic rings. The van der Waals surface area contributed by atoms with Crippen LogP contribution in [0.2, 0.25) is 0 Å². The molecule has 7 heteroatoms. The summed E-state index contributed by atoms with van der Waals surface area (Å²) < 4.78 is 13.5. The first kappa shape index (κ1) is 15.9. The zero-order valence-electron chi connectivity index (χ0n) is 11.7. The van der Waals surface area contributed by atoms with Crippen LogP contribution in [0.15, 0.2) is 54.1 Å². The van der Waals surface area contributed by atoms with Crippen molar-refractivity contribution in [3.05, 3.63) is 75.6 Å². The molecule has 114 valence electrons. The average Bonchev–Trinajstić information content (AvgIpc) is 2.55. The third kappa shape index (κ3) is 3.98. The summed E-state index contributed by atoms with van der Waals surface area (Å²) in [6.07, 6.45) is 1.20. The summed E-state index contributed by atoms with van der Waals surface area (Å²) in [5.41, 5.74) is -0.198. The van der Waals surface area contributed by atoms with E-state index in [2.05, 4.69) is 5.32 Å². The first-order chi connectivity index (χ1) is 11.0. The van der Waals surface area contributed by atoms with E-state index in [1.54, 1.807) is 6.07 Å². The quantitative estimate of drug-likeness (QED) is 0.405. The Morgan fingerprint density at radius 1 is 1.26 bits per heavy atom. The zero-order chi connectivity index (χ0) is 16.8. The van der Waals surface area contributed by atoms with Crippen LogP contribution in [0.4, 0.5) is 15.8 Å². The maximum absolute atomic E-state index is 13.5. The third-order valence-corrected chi connectivity index (χ3v) is 2.88. The van der Waals surface area contributed by atoms with Crippen LogP contribution in [0.25, 0.3) is 6.08 Å². The number of halogens is 1. The fourth-order valence-electron chi connectivity index (χ4n) is 1.80. The van der Waals surface area contributed by atoms with Gasteiger partial charge in [-0.15, -0.1) is 0 Å². The molecular formula is C16H10FN3O3. The van der Waals surface area contributed by atoms with Crippen molar-refractivity contribution in [2.24, 2.45) is 0 Å². The van der Waals surface area contributed by atoms with E-state index in [-0.39, 0.29) is 16.9 Å². The lowest BCUT2D eigenvalue weighted by atomic mass is 10.1. The number of rotatable bonds is 4. The Balaban J connectivity index is 2.27. The van der Waals surface area contributed by atoms with Crippen LogP contribution in [0.1, 0.15) is 5.56 Å². The van der Waals surface area contributed by atoms with Crippen LogP contribution >= 0.6 is 0 Å². The molecular weight excluding hydrogens is 301 g/mol. The molecule has 23 heavy (non-hydrogen) atoms. The first-order valence-electron chi connectivity index (χ1n) is 6.43. The molecule has 2 rings (SSSR count). The van der Waals surface area contributed by atoms with Crippen molar-refractivity contribution in [2.45, 2.75) is 0 Å². The summed E-state index contributed by atoms with van der Waals surface area (Å²) in [5.74, 6) is -1.43. The SMILES string of the molecule is N#C/C(=C/c1cccc([N+](=O)[O-])c1)C(=O)Nc1ccccc1F. The van der Waals surface area contributed by atoms with Gasteiger partial charge >= 0.3 is 0 Å². The summed E-state index contributed by atoms with van der Waals surface area (Å²) in [4.78, 5) is 22.2. The Morgan fingerprint density at radius 3 is 2.65 bits per heavy atom. The van der Waals surface area contributed by atoms with Gasteiger partial charge in [0.25, 0.3) is 11.6 Å². The third-order valence-electron chi connectivity index (χ3n) is 2.88. The summed E-state index contributed by atoms with van der Waals surface area (Å²) in [7, 11) is 0. The van der Waals surface area contributed by atoms with Crippen LogP contribution in [-0.4, -0.2) is 10.8 Å². The van der Waals surface area contributed by atoms with E-state index in [9.17, 15) is 19.3 Å². The Hall–Kier alpha value is -3.53. The maximum Gasteiger partial charge on any atom is 0.270 e. The van der Waals surface area contributed by atoms with E-state index in [1.165, 1.54) is 54.6 Å². The number of nitrogens with zero attached hydrogens (tertiary/aromatic N) is 2. The van der Waals surface area contributed by atoms with Crippen molar-refractivity contribution in [3.8, 4) is 6.07 Å². The van der Waals surface area contributed by atoms with E-state index in [4.69, 9.17) is 5.26 Å². The first-order valence-corrected chi connectivity index (χ1v) is 6.43. The van der Waals surface area contributed by atoms with E-state index < -0.39 is 16.6 Å². The zero-order valence-corrected chi connectivity index (χ0v) is 11.7. The molecule has 0 fully saturated rings. The van der Waals surface area contributed by atoms with E-state index in [0.717, 1.165) is 0 Å². The number of nitriles is 1. The van der Waals surface area contributed by atoms with E-state index >= 15 is 0 Å². The second-order valence-electron chi connectivity index (χ2n) is 4.46. The Morgan fingerprint density at radius 2 is 2.00 bits per heavy atom. The average molecular weight is 311 g/mol. The van der Waals surface area contributed by atoms with Crippen molar-refractivity contribution in [1.82, 2.24) is 0 Å². The van der Waals surface area contributed by atoms with Crippen molar-refractivity contribution in [1.29, 1.82) is 5.26 Å². The predicted molar refractivity (Wildman–Crippen MR) is 81.7 cm³/mol. The normalized spacial score (nSPS) is 10.7. The fourth-order valence-corrected chi connectivity index (χ4v) is 1.80. The molecule has 0 heterocycles. The van der Waals surface area contributed by atoms with Gasteiger partial charge in [-0.05, 0) is 23.8 Å². The Kier molecular flexibility index (Phi) is 4.79. The number of carbonyl (C=O) groups is 1. The number of para-hydroxylation sites is 1. The van der Waals surface area contributed by atoms with Crippen molar-refractivity contribution < 1.29 is 14.1 Å². The van der Waals surface area contributed by atoms with Gasteiger partial charge in [0.15, 0.2) is 0 Å². The van der Waals surface area contributed by atoms with Gasteiger partial charge in [0.05, 0.1) is 10.6 Å². The van der Waals surface area contributed by atoms with Crippen LogP contribution in [0, 0.1) is 27.3 Å². The van der Waals surface area contributed by atoms with Crippen LogP contribution in [0.5, 0.6) is 0 Å². The molecule has 0 aliphatic heterocycles. The number of carbonyl (C=O) groups excluding carboxylic acids is 1. The van der Waals surface area contributed by atoms with Crippen molar-refractivity contribution >= 4 is 23.4 Å². The molecule has 0 unspecified atom stereocenters. The van der Waals surface area contributed by atoms with Gasteiger partial charge in [-0.1, -0.05) is 24.3 Å². The fraction of sp³-hybridized carbons (Fsp3) is 0. The van der Waals surface area contributed by atoms with Gasteiger partial charge in [0.2, 0.25) is 0 Å². The molecule has 0 saturated heterocycles. The Bertz CT molecular complexity index is 840. The van der Waals surface area contributed by atoms with Gasteiger partial charge in [-0.3, -0.25) is 14.9 Å². The maximum atomic E-state index is 13.5. The number of nitrogens with one attached hydrogen (secondary N) is 1. The van der Waals surface area contributed by atoms with Crippen molar-refractivity contribution in [3.63, 3.8) is 0 Å². The number of non-ortho nitro benzene ring substituents is 1. The highest BCUT2D eigenvalue weighted by atomic mass is 19.1. The number of nitro groups is 1. The van der Waals surface area contributed by atoms with E-state index in [0.29, 0.717) is 5.56 Å².